The van der Waals surface area contributed by atoms with Crippen molar-refractivity contribution in [3.8, 4) is 17.6 Å². The lowest BCUT2D eigenvalue weighted by Gasteiger charge is -2.04. The van der Waals surface area contributed by atoms with Crippen molar-refractivity contribution in [3.05, 3.63) is 64.1 Å². The Morgan fingerprint density at radius 3 is 2.59 bits per heavy atom. The van der Waals surface area contributed by atoms with Crippen LogP contribution in [0.2, 0.25) is 0 Å². The van der Waals surface area contributed by atoms with Crippen LogP contribution in [-0.2, 0) is 0 Å². The van der Waals surface area contributed by atoms with Crippen LogP contribution in [0.1, 0.15) is 15.9 Å². The van der Waals surface area contributed by atoms with Crippen LogP contribution in [0.4, 0.5) is 0 Å². The van der Waals surface area contributed by atoms with E-state index in [4.69, 9.17) is 4.74 Å². The molecule has 0 fully saturated rings. The minimum Gasteiger partial charge on any atom is -0.481 e. The largest absolute Gasteiger partial charge is 0.481 e. The summed E-state index contributed by atoms with van der Waals surface area (Å²) < 4.78 is 6.49. The van der Waals surface area contributed by atoms with Crippen LogP contribution in [0.5, 0.6) is 5.75 Å². The Balaban J connectivity index is 1.74. The second-order valence-electron chi connectivity index (χ2n) is 4.60. The van der Waals surface area contributed by atoms with Gasteiger partial charge < -0.3 is 10.1 Å². The van der Waals surface area contributed by atoms with Crippen molar-refractivity contribution in [2.75, 3.05) is 13.2 Å². The van der Waals surface area contributed by atoms with Crippen molar-refractivity contribution in [1.82, 2.24) is 5.32 Å². The van der Waals surface area contributed by atoms with Gasteiger partial charge in [0.05, 0.1) is 6.54 Å². The molecule has 0 saturated heterocycles. The summed E-state index contributed by atoms with van der Waals surface area (Å²) in [5, 5.41) is 2.75. The summed E-state index contributed by atoms with van der Waals surface area (Å²) in [6.07, 6.45) is 0. The molecule has 0 aliphatic rings. The molecule has 0 heterocycles. The predicted molar refractivity (Wildman–Crippen MR) is 90.9 cm³/mol. The van der Waals surface area contributed by atoms with Crippen LogP contribution in [0.25, 0.3) is 0 Å². The van der Waals surface area contributed by atoms with E-state index in [0.29, 0.717) is 18.7 Å². The second-order valence-corrected chi connectivity index (χ2v) is 5.51. The molecule has 2 rings (SSSR count). The Labute approximate surface area is 138 Å². The topological polar surface area (TPSA) is 38.3 Å². The average molecular weight is 358 g/mol. The van der Waals surface area contributed by atoms with E-state index in [1.54, 1.807) is 12.1 Å². The normalized spacial score (nSPS) is 9.55. The highest BCUT2D eigenvalue weighted by molar-refractivity contribution is 9.10. The first-order valence-corrected chi connectivity index (χ1v) is 7.64. The van der Waals surface area contributed by atoms with E-state index in [9.17, 15) is 4.79 Å². The molecule has 0 spiro atoms. The van der Waals surface area contributed by atoms with Gasteiger partial charge in [0.2, 0.25) is 0 Å². The third-order valence-electron chi connectivity index (χ3n) is 2.96. The van der Waals surface area contributed by atoms with Crippen LogP contribution >= 0.6 is 15.9 Å². The molecular formula is C18H16BrNO2. The summed E-state index contributed by atoms with van der Waals surface area (Å²) in [5.74, 6) is 6.45. The van der Waals surface area contributed by atoms with Crippen molar-refractivity contribution >= 4 is 21.8 Å². The SMILES string of the molecule is Cc1ccccc1OCC#CCNC(=O)c1ccc(Br)cc1. The molecule has 0 aromatic heterocycles. The Kier molecular flexibility index (Phi) is 6.05. The van der Waals surface area contributed by atoms with Crippen LogP contribution in [-0.4, -0.2) is 19.1 Å². The zero-order chi connectivity index (χ0) is 15.8. The number of nitrogens with one attached hydrogen (secondary N) is 1. The van der Waals surface area contributed by atoms with Gasteiger partial charge in [-0.3, -0.25) is 4.79 Å². The Morgan fingerprint density at radius 1 is 1.14 bits per heavy atom. The lowest BCUT2D eigenvalue weighted by Crippen LogP contribution is -2.23. The summed E-state index contributed by atoms with van der Waals surface area (Å²) in [7, 11) is 0. The highest BCUT2D eigenvalue weighted by Gasteiger charge is 2.02. The van der Waals surface area contributed by atoms with Crippen molar-refractivity contribution in [1.29, 1.82) is 0 Å². The van der Waals surface area contributed by atoms with Gasteiger partial charge >= 0.3 is 0 Å². The maximum absolute atomic E-state index is 11.8. The van der Waals surface area contributed by atoms with Crippen LogP contribution < -0.4 is 10.1 Å². The summed E-state index contributed by atoms with van der Waals surface area (Å²) in [6.45, 7) is 2.59. The molecular weight excluding hydrogens is 342 g/mol. The molecule has 1 N–H and O–H groups in total. The molecule has 3 nitrogen and oxygen atoms in total. The number of rotatable bonds is 4. The van der Waals surface area contributed by atoms with Gasteiger partial charge in [-0.2, -0.15) is 0 Å². The number of ether oxygens (including phenoxy) is 1. The number of hydrogen-bond donors (Lipinski definition) is 1. The molecule has 0 aliphatic carbocycles. The molecule has 0 bridgehead atoms. The average Bonchev–Trinajstić information content (AvgIpc) is 2.53. The van der Waals surface area contributed by atoms with Crippen molar-refractivity contribution in [2.45, 2.75) is 6.92 Å². The van der Waals surface area contributed by atoms with Gasteiger partial charge in [0.25, 0.3) is 5.91 Å². The number of carbonyl (C=O) groups is 1. The predicted octanol–water partition coefficient (Wildman–Crippen LogP) is 3.57. The summed E-state index contributed by atoms with van der Waals surface area (Å²) in [5.41, 5.74) is 1.69. The molecule has 0 atom stereocenters. The maximum atomic E-state index is 11.8. The summed E-state index contributed by atoms with van der Waals surface area (Å²) in [6, 6.07) is 15.0. The van der Waals surface area contributed by atoms with E-state index in [1.807, 2.05) is 43.3 Å². The van der Waals surface area contributed by atoms with Gasteiger partial charge in [0.1, 0.15) is 12.4 Å². The molecule has 0 aliphatic heterocycles. The van der Waals surface area contributed by atoms with E-state index < -0.39 is 0 Å². The number of amides is 1. The standard InChI is InChI=1S/C18H16BrNO2/c1-14-6-2-3-7-17(14)22-13-5-4-12-20-18(21)15-8-10-16(19)11-9-15/h2-3,6-11H,12-13H2,1H3,(H,20,21). The van der Waals surface area contributed by atoms with Crippen LogP contribution in [0.3, 0.4) is 0 Å². The molecule has 4 heteroatoms. The molecule has 2 aromatic rings. The zero-order valence-corrected chi connectivity index (χ0v) is 13.8. The van der Waals surface area contributed by atoms with E-state index in [0.717, 1.165) is 15.8 Å². The number of carbonyl (C=O) groups excluding carboxylic acids is 1. The molecule has 112 valence electrons. The first-order valence-electron chi connectivity index (χ1n) is 6.85. The van der Waals surface area contributed by atoms with E-state index in [2.05, 4.69) is 33.1 Å². The van der Waals surface area contributed by atoms with Gasteiger partial charge in [-0.05, 0) is 42.8 Å². The fourth-order valence-electron chi connectivity index (χ4n) is 1.77. The third-order valence-corrected chi connectivity index (χ3v) is 3.49. The van der Waals surface area contributed by atoms with E-state index >= 15 is 0 Å². The highest BCUT2D eigenvalue weighted by Crippen LogP contribution is 2.15. The van der Waals surface area contributed by atoms with Gasteiger partial charge in [0.15, 0.2) is 0 Å². The molecule has 22 heavy (non-hydrogen) atoms. The Morgan fingerprint density at radius 2 is 1.86 bits per heavy atom. The Bertz CT molecular complexity index is 699. The third kappa shape index (κ3) is 4.94. The van der Waals surface area contributed by atoms with Gasteiger partial charge in [0, 0.05) is 10.0 Å². The fourth-order valence-corrected chi connectivity index (χ4v) is 2.04. The number of halogens is 1. The molecule has 0 saturated carbocycles. The first-order chi connectivity index (χ1) is 10.7. The monoisotopic (exact) mass is 357 g/mol. The quantitative estimate of drug-likeness (QED) is 0.849. The number of aryl methyl sites for hydroxylation is 1. The highest BCUT2D eigenvalue weighted by atomic mass is 79.9. The number of hydrogen-bond acceptors (Lipinski definition) is 2. The van der Waals surface area contributed by atoms with Gasteiger partial charge in [-0.1, -0.05) is 46.0 Å². The van der Waals surface area contributed by atoms with E-state index in [-0.39, 0.29) is 5.91 Å². The minimum absolute atomic E-state index is 0.137. The minimum atomic E-state index is -0.137. The van der Waals surface area contributed by atoms with Gasteiger partial charge in [-0.25, -0.2) is 0 Å². The first kappa shape index (κ1) is 16.1. The van der Waals surface area contributed by atoms with Crippen molar-refractivity contribution < 1.29 is 9.53 Å². The molecule has 0 radical (unpaired) electrons. The second kappa shape index (κ2) is 8.26. The lowest BCUT2D eigenvalue weighted by molar-refractivity contribution is 0.0958. The Hall–Kier alpha value is -2.25. The van der Waals surface area contributed by atoms with Crippen LogP contribution in [0, 0.1) is 18.8 Å². The van der Waals surface area contributed by atoms with E-state index in [1.165, 1.54) is 0 Å². The number of benzene rings is 2. The molecule has 0 unspecified atom stereocenters. The number of para-hydroxylation sites is 1. The molecule has 2 aromatic carbocycles. The van der Waals surface area contributed by atoms with Crippen molar-refractivity contribution in [2.24, 2.45) is 0 Å². The van der Waals surface area contributed by atoms with Gasteiger partial charge in [-0.15, -0.1) is 0 Å². The van der Waals surface area contributed by atoms with Crippen LogP contribution in [0.15, 0.2) is 53.0 Å². The zero-order valence-electron chi connectivity index (χ0n) is 12.2. The maximum Gasteiger partial charge on any atom is 0.252 e. The fraction of sp³-hybridized carbons (Fsp3) is 0.167. The smallest absolute Gasteiger partial charge is 0.252 e. The summed E-state index contributed by atoms with van der Waals surface area (Å²) in [4.78, 5) is 11.8. The summed E-state index contributed by atoms with van der Waals surface area (Å²) >= 11 is 3.33. The lowest BCUT2D eigenvalue weighted by atomic mass is 10.2. The molecule has 1 amide bonds. The van der Waals surface area contributed by atoms with Crippen molar-refractivity contribution in [3.63, 3.8) is 0 Å².